The van der Waals surface area contributed by atoms with E-state index in [1.165, 1.54) is 0 Å². The summed E-state index contributed by atoms with van der Waals surface area (Å²) < 4.78 is 4.79. The number of epoxide rings is 1. The minimum Gasteiger partial charge on any atom is -0.371 e. The molecular weight excluding hydrogens is 158 g/mol. The van der Waals surface area contributed by atoms with Gasteiger partial charge in [-0.15, -0.1) is 0 Å². The molecule has 0 aromatic heterocycles. The van der Waals surface area contributed by atoms with Gasteiger partial charge in [0.15, 0.2) is 0 Å². The van der Waals surface area contributed by atoms with E-state index < -0.39 is 0 Å². The molecule has 7 heavy (non-hydrogen) atoms. The molecule has 1 heterocycles. The van der Waals surface area contributed by atoms with Crippen molar-refractivity contribution in [1.29, 1.82) is 5.26 Å². The number of nitriles is 1. The zero-order valence-corrected chi connectivity index (χ0v) is 5.18. The number of ether oxygens (including phenoxy) is 1. The minimum atomic E-state index is -0.0903. The molecule has 0 unspecified atom stereocenters. The Kier molecular flexibility index (Phi) is 1.31. The number of alkyl halides is 1. The molecule has 0 bridgehead atoms. The molecule has 0 aromatic rings. The summed E-state index contributed by atoms with van der Waals surface area (Å²) in [7, 11) is 0. The minimum absolute atomic E-state index is 0.0903. The SMILES string of the molecule is N#C[C@@H](Br)[C@@H]1CO1. The zero-order valence-electron chi connectivity index (χ0n) is 3.60. The van der Waals surface area contributed by atoms with E-state index in [1.54, 1.807) is 0 Å². The largest absolute Gasteiger partial charge is 0.371 e. The maximum absolute atomic E-state index is 8.17. The molecule has 0 amide bonds. The lowest BCUT2D eigenvalue weighted by atomic mass is 10.4. The zero-order chi connectivity index (χ0) is 5.28. The summed E-state index contributed by atoms with van der Waals surface area (Å²) in [5.74, 6) is 0. The van der Waals surface area contributed by atoms with E-state index in [1.807, 2.05) is 6.07 Å². The van der Waals surface area contributed by atoms with Crippen molar-refractivity contribution in [3.05, 3.63) is 0 Å². The highest BCUT2D eigenvalue weighted by Gasteiger charge is 2.30. The maximum Gasteiger partial charge on any atom is 0.130 e. The molecule has 1 aliphatic rings. The second-order valence-electron chi connectivity index (χ2n) is 1.40. The average Bonchev–Trinajstić information content (AvgIpc) is 2.44. The maximum atomic E-state index is 8.17. The lowest BCUT2D eigenvalue weighted by Gasteiger charge is -1.85. The van der Waals surface area contributed by atoms with Crippen LogP contribution >= 0.6 is 15.9 Å². The van der Waals surface area contributed by atoms with Gasteiger partial charge in [0.05, 0.1) is 12.7 Å². The van der Waals surface area contributed by atoms with Crippen LogP contribution in [0.15, 0.2) is 0 Å². The van der Waals surface area contributed by atoms with Gasteiger partial charge >= 0.3 is 0 Å². The van der Waals surface area contributed by atoms with E-state index >= 15 is 0 Å². The molecule has 2 atom stereocenters. The van der Waals surface area contributed by atoms with E-state index in [4.69, 9.17) is 10.00 Å². The van der Waals surface area contributed by atoms with Gasteiger partial charge in [0, 0.05) is 0 Å². The van der Waals surface area contributed by atoms with Crippen molar-refractivity contribution in [2.45, 2.75) is 10.9 Å². The Hall–Kier alpha value is -0.0700. The van der Waals surface area contributed by atoms with E-state index in [9.17, 15) is 0 Å². The van der Waals surface area contributed by atoms with Gasteiger partial charge in [-0.05, 0) is 0 Å². The monoisotopic (exact) mass is 161 g/mol. The van der Waals surface area contributed by atoms with Crippen molar-refractivity contribution in [1.82, 2.24) is 0 Å². The molecule has 3 heteroatoms. The molecule has 38 valence electrons. The van der Waals surface area contributed by atoms with Crippen molar-refractivity contribution >= 4 is 15.9 Å². The Balaban J connectivity index is 2.27. The van der Waals surface area contributed by atoms with E-state index in [2.05, 4.69) is 15.9 Å². The third kappa shape index (κ3) is 1.15. The first kappa shape index (κ1) is 5.07. The first-order valence-electron chi connectivity index (χ1n) is 2.00. The fourth-order valence-electron chi connectivity index (χ4n) is 0.308. The average molecular weight is 162 g/mol. The second-order valence-corrected chi connectivity index (χ2v) is 2.39. The Morgan fingerprint density at radius 2 is 2.57 bits per heavy atom. The smallest absolute Gasteiger partial charge is 0.130 e. The van der Waals surface area contributed by atoms with Gasteiger partial charge in [0.1, 0.15) is 10.9 Å². The lowest BCUT2D eigenvalue weighted by Crippen LogP contribution is -2.00. The number of nitrogens with zero attached hydrogens (tertiary/aromatic N) is 1. The van der Waals surface area contributed by atoms with Crippen molar-refractivity contribution in [3.8, 4) is 6.07 Å². The Bertz CT molecular complexity index is 105. The number of hydrogen-bond donors (Lipinski definition) is 0. The highest BCUT2D eigenvalue weighted by molar-refractivity contribution is 9.09. The molecule has 0 aromatic carbocycles. The predicted molar refractivity (Wildman–Crippen MR) is 28.1 cm³/mol. The molecule has 2 nitrogen and oxygen atoms in total. The van der Waals surface area contributed by atoms with Crippen LogP contribution in [0.5, 0.6) is 0 Å². The topological polar surface area (TPSA) is 36.3 Å². The van der Waals surface area contributed by atoms with Crippen LogP contribution in [-0.4, -0.2) is 17.5 Å². The van der Waals surface area contributed by atoms with Crippen LogP contribution in [0.3, 0.4) is 0 Å². The van der Waals surface area contributed by atoms with Gasteiger partial charge in [0.2, 0.25) is 0 Å². The molecule has 0 radical (unpaired) electrons. The van der Waals surface area contributed by atoms with Crippen molar-refractivity contribution < 1.29 is 4.74 Å². The van der Waals surface area contributed by atoms with Crippen LogP contribution in [-0.2, 0) is 4.74 Å². The third-order valence-electron chi connectivity index (χ3n) is 0.809. The summed E-state index contributed by atoms with van der Waals surface area (Å²) in [6.07, 6.45) is 0.171. The predicted octanol–water partition coefficient (Wildman–Crippen LogP) is 0.672. The normalized spacial score (nSPS) is 31.1. The van der Waals surface area contributed by atoms with Gasteiger partial charge < -0.3 is 4.74 Å². The van der Waals surface area contributed by atoms with Crippen LogP contribution in [0.4, 0.5) is 0 Å². The van der Waals surface area contributed by atoms with Crippen molar-refractivity contribution in [3.63, 3.8) is 0 Å². The summed E-state index contributed by atoms with van der Waals surface area (Å²) in [6, 6.07) is 2.02. The Labute approximate surface area is 50.2 Å². The summed E-state index contributed by atoms with van der Waals surface area (Å²) in [5.41, 5.74) is 0. The van der Waals surface area contributed by atoms with Crippen LogP contribution < -0.4 is 0 Å². The molecule has 0 N–H and O–H groups in total. The molecule has 1 fully saturated rings. The van der Waals surface area contributed by atoms with Gasteiger partial charge in [-0.1, -0.05) is 15.9 Å². The van der Waals surface area contributed by atoms with Gasteiger partial charge in [0.25, 0.3) is 0 Å². The van der Waals surface area contributed by atoms with Crippen LogP contribution in [0.2, 0.25) is 0 Å². The fourth-order valence-corrected chi connectivity index (χ4v) is 0.613. The molecule has 1 rings (SSSR count). The van der Waals surface area contributed by atoms with Crippen LogP contribution in [0.25, 0.3) is 0 Å². The quantitative estimate of drug-likeness (QED) is 0.419. The first-order chi connectivity index (χ1) is 3.34. The fraction of sp³-hybridized carbons (Fsp3) is 0.750. The highest BCUT2D eigenvalue weighted by atomic mass is 79.9. The first-order valence-corrected chi connectivity index (χ1v) is 2.91. The molecule has 1 saturated heterocycles. The number of hydrogen-bond acceptors (Lipinski definition) is 2. The Morgan fingerprint density at radius 3 is 2.71 bits per heavy atom. The van der Waals surface area contributed by atoms with Crippen LogP contribution in [0.1, 0.15) is 0 Å². The third-order valence-corrected chi connectivity index (χ3v) is 1.60. The number of rotatable bonds is 1. The summed E-state index contributed by atoms with van der Waals surface area (Å²) in [4.78, 5) is -0.0903. The molecule has 1 aliphatic heterocycles. The highest BCUT2D eigenvalue weighted by Crippen LogP contribution is 2.19. The second kappa shape index (κ2) is 1.81. The van der Waals surface area contributed by atoms with Crippen LogP contribution in [0, 0.1) is 11.3 Å². The van der Waals surface area contributed by atoms with Crippen molar-refractivity contribution in [2.24, 2.45) is 0 Å². The Morgan fingerprint density at radius 1 is 2.00 bits per heavy atom. The summed E-state index contributed by atoms with van der Waals surface area (Å²) in [5, 5.41) is 8.17. The van der Waals surface area contributed by atoms with Gasteiger partial charge in [-0.3, -0.25) is 0 Å². The van der Waals surface area contributed by atoms with Crippen molar-refractivity contribution in [2.75, 3.05) is 6.61 Å². The molecule has 0 spiro atoms. The van der Waals surface area contributed by atoms with E-state index in [0.29, 0.717) is 0 Å². The summed E-state index contributed by atoms with van der Waals surface area (Å²) in [6.45, 7) is 0.740. The van der Waals surface area contributed by atoms with E-state index in [0.717, 1.165) is 6.61 Å². The molecule has 0 aliphatic carbocycles. The number of halogens is 1. The van der Waals surface area contributed by atoms with Gasteiger partial charge in [-0.2, -0.15) is 5.26 Å². The molecular formula is C4H4BrNO. The molecule has 0 saturated carbocycles. The van der Waals surface area contributed by atoms with Gasteiger partial charge in [-0.25, -0.2) is 0 Å². The van der Waals surface area contributed by atoms with E-state index in [-0.39, 0.29) is 10.9 Å². The standard InChI is InChI=1S/C4H4BrNO/c5-3(1-6)4-2-7-4/h3-4H,2H2/t3-,4+/m1/s1. The summed E-state index contributed by atoms with van der Waals surface area (Å²) >= 11 is 3.12. The lowest BCUT2D eigenvalue weighted by molar-refractivity contribution is 0.416.